The van der Waals surface area contributed by atoms with Gasteiger partial charge in [-0.1, -0.05) is 0 Å². The maximum absolute atomic E-state index is 6.27. The van der Waals surface area contributed by atoms with Crippen molar-refractivity contribution >= 4 is 39.7 Å². The Morgan fingerprint density at radius 1 is 1.17 bits per heavy atom. The summed E-state index contributed by atoms with van der Waals surface area (Å²) in [5.74, 6) is 7.42. The summed E-state index contributed by atoms with van der Waals surface area (Å²) in [5, 5.41) is 9.10. The molecule has 3 heterocycles. The van der Waals surface area contributed by atoms with E-state index < -0.39 is 0 Å². The van der Waals surface area contributed by atoms with E-state index in [1.165, 1.54) is 0 Å². The molecule has 158 valence electrons. The van der Waals surface area contributed by atoms with Crippen LogP contribution < -0.4 is 32.1 Å². The highest BCUT2D eigenvalue weighted by Crippen LogP contribution is 2.32. The van der Waals surface area contributed by atoms with E-state index in [0.29, 0.717) is 28.7 Å². The van der Waals surface area contributed by atoms with Crippen LogP contribution in [0.15, 0.2) is 30.6 Å². The summed E-state index contributed by atoms with van der Waals surface area (Å²) < 4.78 is 0. The molecule has 1 fully saturated rings. The van der Waals surface area contributed by atoms with Crippen molar-refractivity contribution in [3.05, 3.63) is 36.2 Å². The van der Waals surface area contributed by atoms with E-state index in [4.69, 9.17) is 16.6 Å². The number of hydrogen-bond donors (Lipinski definition) is 4. The molecule has 9 heteroatoms. The number of pyridine rings is 1. The first-order chi connectivity index (χ1) is 14.4. The molecule has 0 bridgehead atoms. The molecule has 1 aliphatic rings. The zero-order valence-electron chi connectivity index (χ0n) is 17.7. The summed E-state index contributed by atoms with van der Waals surface area (Å²) >= 11 is 0. The molecule has 3 aromatic rings. The lowest BCUT2D eigenvalue weighted by Gasteiger charge is -2.30. The van der Waals surface area contributed by atoms with E-state index in [0.717, 1.165) is 42.8 Å². The molecular formula is C21H29N9. The third kappa shape index (κ3) is 3.94. The van der Waals surface area contributed by atoms with Gasteiger partial charge in [0, 0.05) is 43.8 Å². The number of aryl methyl sites for hydroxylation is 1. The summed E-state index contributed by atoms with van der Waals surface area (Å²) in [4.78, 5) is 16.1. The second-order valence-electron chi connectivity index (χ2n) is 7.85. The first-order valence-corrected chi connectivity index (χ1v) is 10.2. The largest absolute Gasteiger partial charge is 0.397 e. The average Bonchev–Trinajstić information content (AvgIpc) is 2.74. The van der Waals surface area contributed by atoms with Crippen LogP contribution in [0.25, 0.3) is 10.9 Å². The average molecular weight is 408 g/mol. The predicted octanol–water partition coefficient (Wildman–Crippen LogP) is 2.16. The number of nitrogens with two attached hydrogens (primary N) is 2. The number of piperazine rings is 1. The van der Waals surface area contributed by atoms with Gasteiger partial charge in [0.25, 0.3) is 0 Å². The Bertz CT molecular complexity index is 1040. The van der Waals surface area contributed by atoms with Gasteiger partial charge in [-0.05, 0) is 44.5 Å². The van der Waals surface area contributed by atoms with Gasteiger partial charge in [0.15, 0.2) is 0 Å². The van der Waals surface area contributed by atoms with E-state index in [9.17, 15) is 0 Å². The van der Waals surface area contributed by atoms with Crippen LogP contribution in [0, 0.1) is 6.92 Å². The van der Waals surface area contributed by atoms with Crippen LogP contribution in [0.2, 0.25) is 0 Å². The Morgan fingerprint density at radius 2 is 1.93 bits per heavy atom. The quantitative estimate of drug-likeness (QED) is 0.286. The van der Waals surface area contributed by atoms with Crippen LogP contribution in [-0.2, 0) is 0 Å². The standard InChI is InChI=1S/C21H29N9/c1-13(2)30(23)20-16(22)5-4-15-11-26-21(28-19(15)20)27-18-10-14(3)17(12-25-18)29-8-6-24-7-9-29/h4-5,10-13,24H,6-9,22-23H2,1-3H3,(H,25,26,27,28). The first-order valence-electron chi connectivity index (χ1n) is 10.2. The number of aromatic nitrogens is 3. The van der Waals surface area contributed by atoms with Gasteiger partial charge in [0.2, 0.25) is 5.95 Å². The molecule has 6 N–H and O–H groups in total. The molecule has 1 saturated heterocycles. The Balaban J connectivity index is 1.64. The zero-order valence-corrected chi connectivity index (χ0v) is 17.7. The molecule has 0 unspecified atom stereocenters. The Kier molecular flexibility index (Phi) is 5.56. The predicted molar refractivity (Wildman–Crippen MR) is 123 cm³/mol. The molecule has 30 heavy (non-hydrogen) atoms. The van der Waals surface area contributed by atoms with Crippen molar-refractivity contribution in [1.82, 2.24) is 20.3 Å². The van der Waals surface area contributed by atoms with Gasteiger partial charge < -0.3 is 26.3 Å². The third-order valence-electron chi connectivity index (χ3n) is 5.35. The number of benzene rings is 1. The minimum atomic E-state index is 0.0751. The molecule has 0 radical (unpaired) electrons. The highest BCUT2D eigenvalue weighted by molar-refractivity contribution is 5.97. The van der Waals surface area contributed by atoms with Gasteiger partial charge in [-0.2, -0.15) is 0 Å². The fourth-order valence-corrected chi connectivity index (χ4v) is 3.66. The smallest absolute Gasteiger partial charge is 0.228 e. The van der Waals surface area contributed by atoms with Crippen LogP contribution in [-0.4, -0.2) is 47.2 Å². The van der Waals surface area contributed by atoms with Crippen molar-refractivity contribution in [2.75, 3.05) is 47.1 Å². The molecule has 1 aliphatic heterocycles. The van der Waals surface area contributed by atoms with Gasteiger partial charge in [-0.15, -0.1) is 0 Å². The molecule has 0 saturated carbocycles. The number of nitrogens with one attached hydrogen (secondary N) is 2. The van der Waals surface area contributed by atoms with Crippen LogP contribution in [0.5, 0.6) is 0 Å². The second-order valence-corrected chi connectivity index (χ2v) is 7.85. The Morgan fingerprint density at radius 3 is 2.63 bits per heavy atom. The molecule has 2 aromatic heterocycles. The van der Waals surface area contributed by atoms with Crippen molar-refractivity contribution in [2.45, 2.75) is 26.8 Å². The normalized spacial score (nSPS) is 14.4. The van der Waals surface area contributed by atoms with E-state index in [2.05, 4.69) is 32.4 Å². The fourth-order valence-electron chi connectivity index (χ4n) is 3.66. The summed E-state index contributed by atoms with van der Waals surface area (Å²) in [6, 6.07) is 5.83. The van der Waals surface area contributed by atoms with Gasteiger partial charge in [-0.25, -0.2) is 20.8 Å². The van der Waals surface area contributed by atoms with Crippen molar-refractivity contribution in [3.8, 4) is 0 Å². The number of nitrogens with zero attached hydrogens (tertiary/aromatic N) is 5. The monoisotopic (exact) mass is 407 g/mol. The van der Waals surface area contributed by atoms with Crippen molar-refractivity contribution in [3.63, 3.8) is 0 Å². The van der Waals surface area contributed by atoms with Crippen LogP contribution in [0.3, 0.4) is 0 Å². The van der Waals surface area contributed by atoms with Crippen LogP contribution >= 0.6 is 0 Å². The summed E-state index contributed by atoms with van der Waals surface area (Å²) in [6.07, 6.45) is 3.68. The van der Waals surface area contributed by atoms with Crippen LogP contribution in [0.1, 0.15) is 19.4 Å². The molecule has 1 aromatic carbocycles. The number of hydrazine groups is 1. The number of nitrogen functional groups attached to an aromatic ring is 1. The molecule has 0 spiro atoms. The summed E-state index contributed by atoms with van der Waals surface area (Å²) in [7, 11) is 0. The summed E-state index contributed by atoms with van der Waals surface area (Å²) in [6.45, 7) is 10.1. The minimum Gasteiger partial charge on any atom is -0.397 e. The number of hydrogen-bond acceptors (Lipinski definition) is 9. The van der Waals surface area contributed by atoms with Crippen molar-refractivity contribution < 1.29 is 0 Å². The fraction of sp³-hybridized carbons (Fsp3) is 0.381. The van der Waals surface area contributed by atoms with Gasteiger partial charge in [0.1, 0.15) is 17.0 Å². The molecule has 4 rings (SSSR count). The first kappa shape index (κ1) is 20.1. The maximum atomic E-state index is 6.27. The Labute approximate surface area is 176 Å². The lowest BCUT2D eigenvalue weighted by atomic mass is 10.1. The highest BCUT2D eigenvalue weighted by atomic mass is 15.4. The number of anilines is 5. The maximum Gasteiger partial charge on any atom is 0.228 e. The van der Waals surface area contributed by atoms with E-state index >= 15 is 0 Å². The minimum absolute atomic E-state index is 0.0751. The van der Waals surface area contributed by atoms with Crippen molar-refractivity contribution in [2.24, 2.45) is 5.84 Å². The van der Waals surface area contributed by atoms with E-state index in [-0.39, 0.29) is 6.04 Å². The lowest BCUT2D eigenvalue weighted by Crippen LogP contribution is -2.43. The second kappa shape index (κ2) is 8.29. The molecule has 9 nitrogen and oxygen atoms in total. The van der Waals surface area contributed by atoms with Gasteiger partial charge >= 0.3 is 0 Å². The SMILES string of the molecule is Cc1cc(Nc2ncc3ccc(N)c(N(N)C(C)C)c3n2)ncc1N1CCNCC1. The highest BCUT2D eigenvalue weighted by Gasteiger charge is 2.17. The topological polar surface area (TPSA) is 121 Å². The third-order valence-corrected chi connectivity index (χ3v) is 5.35. The molecule has 0 aliphatic carbocycles. The van der Waals surface area contributed by atoms with E-state index in [1.807, 2.05) is 38.2 Å². The van der Waals surface area contributed by atoms with Crippen LogP contribution in [0.4, 0.5) is 28.8 Å². The zero-order chi connectivity index (χ0) is 21.3. The number of fused-ring (bicyclic) bond motifs is 1. The van der Waals surface area contributed by atoms with Gasteiger partial charge in [-0.3, -0.25) is 0 Å². The molecule has 0 atom stereocenters. The Hall–Kier alpha value is -3.17. The molecule has 0 amide bonds. The summed E-state index contributed by atoms with van der Waals surface area (Å²) in [5.41, 5.74) is 10.5. The van der Waals surface area contributed by atoms with Gasteiger partial charge in [0.05, 0.1) is 17.6 Å². The molecular weight excluding hydrogens is 378 g/mol. The van der Waals surface area contributed by atoms with E-state index in [1.54, 1.807) is 11.2 Å². The number of rotatable bonds is 5. The lowest BCUT2D eigenvalue weighted by molar-refractivity contribution is 0.588. The van der Waals surface area contributed by atoms with Crippen molar-refractivity contribution in [1.29, 1.82) is 0 Å².